The van der Waals surface area contributed by atoms with E-state index in [1.807, 2.05) is 12.3 Å². The van der Waals surface area contributed by atoms with Gasteiger partial charge in [0.25, 0.3) is 0 Å². The first-order valence-electron chi connectivity index (χ1n) is 5.59. The van der Waals surface area contributed by atoms with Crippen LogP contribution in [0.2, 0.25) is 5.15 Å². The Morgan fingerprint density at radius 1 is 1.27 bits per heavy atom. The second kappa shape index (κ2) is 4.50. The van der Waals surface area contributed by atoms with Crippen LogP contribution < -0.4 is 5.73 Å². The minimum Gasteiger partial charge on any atom is -0.330 e. The molecule has 1 heterocycles. The molecule has 0 saturated heterocycles. The topological polar surface area (TPSA) is 38.9 Å². The van der Waals surface area contributed by atoms with Crippen LogP contribution in [-0.4, -0.2) is 11.5 Å². The van der Waals surface area contributed by atoms with Crippen molar-refractivity contribution in [3.05, 3.63) is 29.0 Å². The molecule has 1 fully saturated rings. The first kappa shape index (κ1) is 10.9. The molecule has 0 bridgehead atoms. The van der Waals surface area contributed by atoms with Crippen LogP contribution in [0.15, 0.2) is 18.3 Å². The van der Waals surface area contributed by atoms with Gasteiger partial charge in [0.15, 0.2) is 0 Å². The van der Waals surface area contributed by atoms with Crippen molar-refractivity contribution < 1.29 is 0 Å². The number of aromatic nitrogens is 1. The average molecular weight is 225 g/mol. The van der Waals surface area contributed by atoms with Crippen molar-refractivity contribution in [3.63, 3.8) is 0 Å². The molecule has 2 N–H and O–H groups in total. The zero-order valence-electron chi connectivity index (χ0n) is 8.88. The predicted octanol–water partition coefficient (Wildman–Crippen LogP) is 2.90. The first-order valence-corrected chi connectivity index (χ1v) is 5.97. The largest absolute Gasteiger partial charge is 0.330 e. The van der Waals surface area contributed by atoms with Crippen LogP contribution >= 0.6 is 11.6 Å². The van der Waals surface area contributed by atoms with Crippen molar-refractivity contribution >= 4 is 11.6 Å². The standard InChI is InChI=1S/C12H17ClN2/c13-11-5-4-10(8-15-11)12(9-14)6-2-1-3-7-12/h4-5,8H,1-3,6-7,9,14H2. The van der Waals surface area contributed by atoms with Gasteiger partial charge in [0.1, 0.15) is 5.15 Å². The molecule has 0 amide bonds. The van der Waals surface area contributed by atoms with E-state index in [9.17, 15) is 0 Å². The summed E-state index contributed by atoms with van der Waals surface area (Å²) in [6.45, 7) is 0.719. The molecule has 1 aromatic heterocycles. The number of hydrogen-bond donors (Lipinski definition) is 1. The van der Waals surface area contributed by atoms with E-state index in [-0.39, 0.29) is 5.41 Å². The van der Waals surface area contributed by atoms with E-state index in [1.165, 1.54) is 37.7 Å². The zero-order valence-corrected chi connectivity index (χ0v) is 9.63. The van der Waals surface area contributed by atoms with Gasteiger partial charge in [-0.2, -0.15) is 0 Å². The lowest BCUT2D eigenvalue weighted by molar-refractivity contribution is 0.300. The van der Waals surface area contributed by atoms with Crippen molar-refractivity contribution in [1.82, 2.24) is 4.98 Å². The SMILES string of the molecule is NCC1(c2ccc(Cl)nc2)CCCCC1. The molecule has 2 rings (SSSR count). The quantitative estimate of drug-likeness (QED) is 0.785. The molecule has 1 aliphatic rings. The van der Waals surface area contributed by atoms with Crippen molar-refractivity contribution in [2.75, 3.05) is 6.54 Å². The van der Waals surface area contributed by atoms with Crippen molar-refractivity contribution in [2.24, 2.45) is 5.73 Å². The van der Waals surface area contributed by atoms with Gasteiger partial charge in [-0.05, 0) is 24.5 Å². The molecule has 0 atom stereocenters. The number of halogens is 1. The highest BCUT2D eigenvalue weighted by Crippen LogP contribution is 2.38. The molecule has 82 valence electrons. The third-order valence-corrected chi connectivity index (χ3v) is 3.76. The lowest BCUT2D eigenvalue weighted by atomic mass is 9.70. The zero-order chi connectivity index (χ0) is 10.7. The van der Waals surface area contributed by atoms with E-state index in [1.54, 1.807) is 0 Å². The number of pyridine rings is 1. The normalized spacial score (nSPS) is 20.1. The van der Waals surface area contributed by atoms with Gasteiger partial charge in [0.05, 0.1) is 0 Å². The molecule has 0 radical (unpaired) electrons. The maximum atomic E-state index is 5.95. The molecule has 1 aliphatic carbocycles. The lowest BCUT2D eigenvalue weighted by Gasteiger charge is -2.36. The van der Waals surface area contributed by atoms with Crippen LogP contribution in [0.5, 0.6) is 0 Å². The minimum atomic E-state index is 0.163. The van der Waals surface area contributed by atoms with Gasteiger partial charge in [0, 0.05) is 18.2 Å². The monoisotopic (exact) mass is 224 g/mol. The summed E-state index contributed by atoms with van der Waals surface area (Å²) in [6.07, 6.45) is 8.16. The average Bonchev–Trinajstić information content (AvgIpc) is 2.31. The Labute approximate surface area is 95.8 Å². The Bertz CT molecular complexity index is 315. The van der Waals surface area contributed by atoms with Crippen LogP contribution in [0, 0.1) is 0 Å². The van der Waals surface area contributed by atoms with E-state index in [2.05, 4.69) is 11.1 Å². The maximum Gasteiger partial charge on any atom is 0.129 e. The molecule has 2 nitrogen and oxygen atoms in total. The van der Waals surface area contributed by atoms with Gasteiger partial charge in [-0.3, -0.25) is 0 Å². The summed E-state index contributed by atoms with van der Waals surface area (Å²) in [7, 11) is 0. The molecule has 3 heteroatoms. The summed E-state index contributed by atoms with van der Waals surface area (Å²) < 4.78 is 0. The van der Waals surface area contributed by atoms with Gasteiger partial charge in [-0.1, -0.05) is 36.9 Å². The van der Waals surface area contributed by atoms with Gasteiger partial charge >= 0.3 is 0 Å². The highest BCUT2D eigenvalue weighted by molar-refractivity contribution is 6.29. The number of nitrogens with two attached hydrogens (primary N) is 1. The Hall–Kier alpha value is -0.600. The van der Waals surface area contributed by atoms with E-state index >= 15 is 0 Å². The second-order valence-electron chi connectivity index (χ2n) is 4.41. The van der Waals surface area contributed by atoms with Gasteiger partial charge in [-0.25, -0.2) is 4.98 Å². The highest BCUT2D eigenvalue weighted by Gasteiger charge is 2.32. The Morgan fingerprint density at radius 3 is 2.53 bits per heavy atom. The summed E-state index contributed by atoms with van der Waals surface area (Å²) >= 11 is 5.80. The molecule has 0 unspecified atom stereocenters. The Balaban J connectivity index is 2.28. The fraction of sp³-hybridized carbons (Fsp3) is 0.583. The molecule has 1 aromatic rings. The van der Waals surface area contributed by atoms with Gasteiger partial charge in [-0.15, -0.1) is 0 Å². The minimum absolute atomic E-state index is 0.163. The fourth-order valence-corrected chi connectivity index (χ4v) is 2.64. The molecular weight excluding hydrogens is 208 g/mol. The molecule has 15 heavy (non-hydrogen) atoms. The molecule has 0 spiro atoms. The van der Waals surface area contributed by atoms with Crippen LogP contribution in [0.4, 0.5) is 0 Å². The highest BCUT2D eigenvalue weighted by atomic mass is 35.5. The smallest absolute Gasteiger partial charge is 0.129 e. The van der Waals surface area contributed by atoms with Gasteiger partial charge < -0.3 is 5.73 Å². The third kappa shape index (κ3) is 2.16. The number of hydrogen-bond acceptors (Lipinski definition) is 2. The lowest BCUT2D eigenvalue weighted by Crippen LogP contribution is -2.37. The van der Waals surface area contributed by atoms with Crippen LogP contribution in [-0.2, 0) is 5.41 Å². The van der Waals surface area contributed by atoms with E-state index in [4.69, 9.17) is 17.3 Å². The van der Waals surface area contributed by atoms with Crippen molar-refractivity contribution in [3.8, 4) is 0 Å². The van der Waals surface area contributed by atoms with Crippen molar-refractivity contribution in [2.45, 2.75) is 37.5 Å². The summed E-state index contributed by atoms with van der Waals surface area (Å²) in [6, 6.07) is 3.94. The van der Waals surface area contributed by atoms with Crippen LogP contribution in [0.1, 0.15) is 37.7 Å². The van der Waals surface area contributed by atoms with E-state index < -0.39 is 0 Å². The second-order valence-corrected chi connectivity index (χ2v) is 4.80. The maximum absolute atomic E-state index is 5.95. The molecule has 0 aromatic carbocycles. The summed E-state index contributed by atoms with van der Waals surface area (Å²) in [5, 5.41) is 0.557. The van der Waals surface area contributed by atoms with E-state index in [0.717, 1.165) is 6.54 Å². The summed E-state index contributed by atoms with van der Waals surface area (Å²) in [5.74, 6) is 0. The summed E-state index contributed by atoms with van der Waals surface area (Å²) in [4.78, 5) is 4.16. The predicted molar refractivity (Wildman–Crippen MR) is 63.1 cm³/mol. The molecule has 0 aliphatic heterocycles. The van der Waals surface area contributed by atoms with Crippen LogP contribution in [0.3, 0.4) is 0 Å². The van der Waals surface area contributed by atoms with E-state index in [0.29, 0.717) is 5.15 Å². The van der Waals surface area contributed by atoms with Gasteiger partial charge in [0.2, 0.25) is 0 Å². The Kier molecular flexibility index (Phi) is 3.27. The molecule has 1 saturated carbocycles. The number of rotatable bonds is 2. The fourth-order valence-electron chi connectivity index (χ4n) is 2.53. The first-order chi connectivity index (χ1) is 7.27. The molecular formula is C12H17ClN2. The number of nitrogens with zero attached hydrogens (tertiary/aromatic N) is 1. The summed E-state index contributed by atoms with van der Waals surface area (Å²) in [5.41, 5.74) is 7.37. The Morgan fingerprint density at radius 2 is 2.00 bits per heavy atom. The van der Waals surface area contributed by atoms with Crippen molar-refractivity contribution in [1.29, 1.82) is 0 Å². The van der Waals surface area contributed by atoms with Crippen LogP contribution in [0.25, 0.3) is 0 Å². The third-order valence-electron chi connectivity index (χ3n) is 3.54.